The van der Waals surface area contributed by atoms with E-state index in [-0.39, 0.29) is 41.5 Å². The van der Waals surface area contributed by atoms with E-state index < -0.39 is 52.3 Å². The van der Waals surface area contributed by atoms with Crippen LogP contribution in [0, 0.1) is 11.6 Å². The minimum absolute atomic E-state index is 0.0271. The molecule has 2 N–H and O–H groups in total. The summed E-state index contributed by atoms with van der Waals surface area (Å²) >= 11 is 0. The Labute approximate surface area is 196 Å². The fraction of sp³-hybridized carbons (Fsp3) is 0.300. The predicted octanol–water partition coefficient (Wildman–Crippen LogP) is 1.24. The highest BCUT2D eigenvalue weighted by Crippen LogP contribution is 2.21. The lowest BCUT2D eigenvalue weighted by atomic mass is 10.1. The molecule has 0 aliphatic carbocycles. The summed E-state index contributed by atoms with van der Waals surface area (Å²) in [6, 6.07) is 4.61. The zero-order valence-corrected chi connectivity index (χ0v) is 18.7. The van der Waals surface area contributed by atoms with Gasteiger partial charge in [-0.25, -0.2) is 27.0 Å². The lowest BCUT2D eigenvalue weighted by molar-refractivity contribution is -0.132. The molecule has 3 rings (SSSR count). The number of carbonyl (C=O) groups excluding carboxylic acids is 3. The van der Waals surface area contributed by atoms with Gasteiger partial charge in [-0.3, -0.25) is 25.3 Å². The minimum Gasteiger partial charge on any atom is -0.322 e. The highest BCUT2D eigenvalue weighted by atomic mass is 32.2. The fourth-order valence-electron chi connectivity index (χ4n) is 3.08. The van der Waals surface area contributed by atoms with E-state index in [0.29, 0.717) is 0 Å². The SMILES string of the molecule is O=C(NNC(=O)C(F)F)c1ccc(CN(C(=O)N2CCS(=O)(=O)CC2)c2ccc(F)cn2)c(F)c1. The largest absolute Gasteiger partial charge is 0.326 e. The van der Waals surface area contributed by atoms with Crippen molar-refractivity contribution < 1.29 is 40.4 Å². The number of aromatic nitrogens is 1. The molecule has 0 saturated carbocycles. The quantitative estimate of drug-likeness (QED) is 0.454. The maximum absolute atomic E-state index is 14.8. The van der Waals surface area contributed by atoms with Crippen molar-refractivity contribution in [2.24, 2.45) is 0 Å². The number of hydrogen-bond donors (Lipinski definition) is 2. The topological polar surface area (TPSA) is 129 Å². The van der Waals surface area contributed by atoms with Crippen molar-refractivity contribution in [3.63, 3.8) is 0 Å². The molecule has 0 spiro atoms. The summed E-state index contributed by atoms with van der Waals surface area (Å²) in [6.07, 6.45) is -2.51. The lowest BCUT2D eigenvalue weighted by Crippen LogP contribution is -2.50. The third-order valence-electron chi connectivity index (χ3n) is 4.98. The molecular weight excluding hydrogens is 498 g/mol. The van der Waals surface area contributed by atoms with Gasteiger partial charge in [0.05, 0.1) is 24.2 Å². The average molecular weight is 517 g/mol. The number of sulfone groups is 1. The van der Waals surface area contributed by atoms with Crippen LogP contribution in [0.1, 0.15) is 15.9 Å². The summed E-state index contributed by atoms with van der Waals surface area (Å²) < 4.78 is 75.9. The number of alkyl halides is 2. The standard InChI is InChI=1S/C20H19F4N5O5S/c21-14-3-4-16(25-10-14)29(20(32)28-5-7-35(33,34)8-6-28)11-13-2-1-12(9-15(13)22)18(30)26-27-19(31)17(23)24/h1-4,9-10,17H,5-8,11H2,(H,26,30)(H,27,31). The molecule has 0 bridgehead atoms. The molecule has 15 heteroatoms. The number of anilines is 1. The summed E-state index contributed by atoms with van der Waals surface area (Å²) in [7, 11) is -3.28. The number of urea groups is 1. The molecule has 188 valence electrons. The maximum Gasteiger partial charge on any atom is 0.326 e. The van der Waals surface area contributed by atoms with Crippen LogP contribution in [0.3, 0.4) is 0 Å². The van der Waals surface area contributed by atoms with Gasteiger partial charge < -0.3 is 4.90 Å². The van der Waals surface area contributed by atoms with Crippen molar-refractivity contribution in [3.05, 3.63) is 59.3 Å². The van der Waals surface area contributed by atoms with Gasteiger partial charge in [-0.15, -0.1) is 0 Å². The number of nitrogens with zero attached hydrogens (tertiary/aromatic N) is 3. The second-order valence-electron chi connectivity index (χ2n) is 7.39. The van der Waals surface area contributed by atoms with Gasteiger partial charge in [0.1, 0.15) is 17.5 Å². The van der Waals surface area contributed by atoms with Crippen LogP contribution in [0.4, 0.5) is 28.2 Å². The monoisotopic (exact) mass is 517 g/mol. The van der Waals surface area contributed by atoms with E-state index in [4.69, 9.17) is 0 Å². The summed E-state index contributed by atoms with van der Waals surface area (Å²) in [5.74, 6) is -4.95. The number of hydrazine groups is 1. The third kappa shape index (κ3) is 6.65. The Kier molecular flexibility index (Phi) is 7.89. The number of carbonyl (C=O) groups is 3. The normalized spacial score (nSPS) is 14.9. The fourth-order valence-corrected chi connectivity index (χ4v) is 4.28. The third-order valence-corrected chi connectivity index (χ3v) is 6.58. The molecule has 0 radical (unpaired) electrons. The average Bonchev–Trinajstić information content (AvgIpc) is 2.81. The van der Waals surface area contributed by atoms with Gasteiger partial charge in [-0.1, -0.05) is 6.07 Å². The van der Waals surface area contributed by atoms with Gasteiger partial charge in [-0.05, 0) is 24.3 Å². The molecule has 2 aromatic rings. The first kappa shape index (κ1) is 25.9. The van der Waals surface area contributed by atoms with Crippen LogP contribution in [0.15, 0.2) is 36.5 Å². The summed E-state index contributed by atoms with van der Waals surface area (Å²) in [4.78, 5) is 42.1. The Balaban J connectivity index is 1.80. The van der Waals surface area contributed by atoms with Crippen molar-refractivity contribution in [2.75, 3.05) is 29.5 Å². The van der Waals surface area contributed by atoms with E-state index in [9.17, 15) is 40.4 Å². The summed E-state index contributed by atoms with van der Waals surface area (Å²) in [5.41, 5.74) is 2.81. The van der Waals surface area contributed by atoms with E-state index >= 15 is 0 Å². The van der Waals surface area contributed by atoms with Crippen molar-refractivity contribution in [3.8, 4) is 0 Å². The Morgan fingerprint density at radius 2 is 1.74 bits per heavy atom. The first-order valence-electron chi connectivity index (χ1n) is 10.0. The summed E-state index contributed by atoms with van der Waals surface area (Å²) in [5, 5.41) is 0. The molecule has 1 aliphatic rings. The Morgan fingerprint density at radius 3 is 2.31 bits per heavy atom. The number of hydrogen-bond acceptors (Lipinski definition) is 6. The molecule has 0 unspecified atom stereocenters. The number of amides is 4. The van der Waals surface area contributed by atoms with Gasteiger partial charge in [0, 0.05) is 24.2 Å². The van der Waals surface area contributed by atoms with Crippen molar-refractivity contribution >= 4 is 33.5 Å². The first-order chi connectivity index (χ1) is 16.5. The molecule has 1 aromatic carbocycles. The van der Waals surface area contributed by atoms with Crippen molar-refractivity contribution in [1.82, 2.24) is 20.7 Å². The molecule has 1 fully saturated rings. The van der Waals surface area contributed by atoms with E-state index in [1.165, 1.54) is 16.4 Å². The molecule has 1 aromatic heterocycles. The Bertz CT molecular complexity index is 1210. The number of pyridine rings is 1. The predicted molar refractivity (Wildman–Crippen MR) is 114 cm³/mol. The molecule has 35 heavy (non-hydrogen) atoms. The Morgan fingerprint density at radius 1 is 1.06 bits per heavy atom. The smallest absolute Gasteiger partial charge is 0.322 e. The van der Waals surface area contributed by atoms with Gasteiger partial charge in [0.15, 0.2) is 9.84 Å². The van der Waals surface area contributed by atoms with Gasteiger partial charge in [0.25, 0.3) is 5.91 Å². The highest BCUT2D eigenvalue weighted by Gasteiger charge is 2.30. The molecule has 10 nitrogen and oxygen atoms in total. The van der Waals surface area contributed by atoms with E-state index in [0.717, 1.165) is 35.4 Å². The highest BCUT2D eigenvalue weighted by molar-refractivity contribution is 7.91. The van der Waals surface area contributed by atoms with Gasteiger partial charge >= 0.3 is 18.4 Å². The number of nitrogens with one attached hydrogen (secondary N) is 2. The second-order valence-corrected chi connectivity index (χ2v) is 9.70. The zero-order chi connectivity index (χ0) is 25.8. The molecule has 0 atom stereocenters. The number of benzene rings is 1. The minimum atomic E-state index is -3.36. The number of rotatable bonds is 5. The lowest BCUT2D eigenvalue weighted by Gasteiger charge is -2.32. The van der Waals surface area contributed by atoms with Crippen molar-refractivity contribution in [2.45, 2.75) is 13.0 Å². The number of halogens is 4. The van der Waals surface area contributed by atoms with E-state index in [2.05, 4.69) is 4.98 Å². The van der Waals surface area contributed by atoms with Crippen LogP contribution in [-0.2, 0) is 21.2 Å². The molecular formula is C20H19F4N5O5S. The van der Waals surface area contributed by atoms with Gasteiger partial charge in [0.2, 0.25) is 0 Å². The molecule has 4 amide bonds. The van der Waals surface area contributed by atoms with Crippen molar-refractivity contribution in [1.29, 1.82) is 0 Å². The zero-order valence-electron chi connectivity index (χ0n) is 17.9. The van der Waals surface area contributed by atoms with Crippen LogP contribution < -0.4 is 15.8 Å². The van der Waals surface area contributed by atoms with Crippen LogP contribution in [0.2, 0.25) is 0 Å². The van der Waals surface area contributed by atoms with Gasteiger partial charge in [-0.2, -0.15) is 8.78 Å². The van der Waals surface area contributed by atoms with Crippen LogP contribution in [-0.4, -0.2) is 67.2 Å². The van der Waals surface area contributed by atoms with Crippen LogP contribution in [0.25, 0.3) is 0 Å². The Hall–Kier alpha value is -3.75. The maximum atomic E-state index is 14.8. The molecule has 1 saturated heterocycles. The van der Waals surface area contributed by atoms with E-state index in [1.807, 2.05) is 0 Å². The second kappa shape index (κ2) is 10.7. The molecule has 2 heterocycles. The van der Waals surface area contributed by atoms with Crippen LogP contribution >= 0.6 is 0 Å². The summed E-state index contributed by atoms with van der Waals surface area (Å²) in [6.45, 7) is -0.591. The first-order valence-corrected chi connectivity index (χ1v) is 11.8. The molecule has 1 aliphatic heterocycles. The van der Waals surface area contributed by atoms with Crippen LogP contribution in [0.5, 0.6) is 0 Å². The van der Waals surface area contributed by atoms with E-state index in [1.54, 1.807) is 5.43 Å².